The van der Waals surface area contributed by atoms with Gasteiger partial charge in [-0.05, 0) is 65.5 Å². The molecule has 0 unspecified atom stereocenters. The average Bonchev–Trinajstić information content (AvgIpc) is 3.46. The fraction of sp³-hybridized carbons (Fsp3) is 0.500. The summed E-state index contributed by atoms with van der Waals surface area (Å²) in [6.45, 7) is 16.3. The zero-order chi connectivity index (χ0) is 35.5. The number of fused-ring (bicyclic) bond motifs is 1. The topological polar surface area (TPSA) is 147 Å². The summed E-state index contributed by atoms with van der Waals surface area (Å²) in [5, 5.41) is 19.1. The second kappa shape index (κ2) is 14.4. The van der Waals surface area contributed by atoms with Crippen molar-refractivity contribution in [2.45, 2.75) is 91.6 Å². The highest BCUT2D eigenvalue weighted by molar-refractivity contribution is 5.88. The molecule has 49 heavy (non-hydrogen) atoms. The van der Waals surface area contributed by atoms with E-state index in [1.54, 1.807) is 45.0 Å². The van der Waals surface area contributed by atoms with E-state index in [0.29, 0.717) is 42.6 Å². The minimum Gasteiger partial charge on any atom is -0.444 e. The van der Waals surface area contributed by atoms with Gasteiger partial charge in [0.25, 0.3) is 0 Å². The maximum Gasteiger partial charge on any atom is 0.416 e. The van der Waals surface area contributed by atoms with Crippen LogP contribution in [0.4, 0.5) is 21.2 Å². The number of hydrogen-bond donors (Lipinski definition) is 2. The number of hydrogen-bond acceptors (Lipinski definition) is 10. The Kier molecular flexibility index (Phi) is 10.4. The van der Waals surface area contributed by atoms with Crippen molar-refractivity contribution in [2.24, 2.45) is 5.92 Å². The summed E-state index contributed by atoms with van der Waals surface area (Å²) in [6.07, 6.45) is 4.04. The predicted octanol–water partition coefficient (Wildman–Crippen LogP) is 6.28. The molecule has 0 bridgehead atoms. The van der Waals surface area contributed by atoms with Gasteiger partial charge in [0.05, 0.1) is 25.4 Å². The number of rotatable bonds is 8. The second-order valence-electron chi connectivity index (χ2n) is 14.7. The highest BCUT2D eigenvalue weighted by atomic mass is 16.6. The number of benzene rings is 1. The van der Waals surface area contributed by atoms with Crippen LogP contribution in [-0.2, 0) is 16.0 Å². The van der Waals surface area contributed by atoms with Gasteiger partial charge in [-0.2, -0.15) is 9.61 Å². The predicted molar refractivity (Wildman–Crippen MR) is 187 cm³/mol. The number of carbonyl (C=O) groups is 2. The molecule has 1 aromatic carbocycles. The standard InChI is InChI=1S/C36H48N8O5/c1-23(2)27-20-40-44-30(18-29(41-32(27)44)39-19-26-14-17-42(22-28(26)45)33(46)48-35(3,4)5)43(34(47)49-36(6,7)8)21-24-10-12-25(13-11-24)31-37-15-9-16-38-31/h9-13,15-16,18,20,23,26,28,45H,14,17,19,21-22H2,1-8H3,(H,39,41)/t26-,28+/m1/s1. The smallest absolute Gasteiger partial charge is 0.416 e. The van der Waals surface area contributed by atoms with Gasteiger partial charge in [0, 0.05) is 48.6 Å². The molecule has 1 fully saturated rings. The van der Waals surface area contributed by atoms with Crippen molar-refractivity contribution >= 4 is 29.5 Å². The van der Waals surface area contributed by atoms with Gasteiger partial charge in [0.15, 0.2) is 11.5 Å². The van der Waals surface area contributed by atoms with Crippen LogP contribution < -0.4 is 10.2 Å². The molecule has 1 aliphatic heterocycles. The molecule has 0 aliphatic carbocycles. The summed E-state index contributed by atoms with van der Waals surface area (Å²) in [5.41, 5.74) is 1.90. The first-order chi connectivity index (χ1) is 23.1. The lowest BCUT2D eigenvalue weighted by Crippen LogP contribution is -2.49. The first-order valence-corrected chi connectivity index (χ1v) is 16.7. The van der Waals surface area contributed by atoms with Crippen molar-refractivity contribution in [3.8, 4) is 11.4 Å². The summed E-state index contributed by atoms with van der Waals surface area (Å²) in [5.74, 6) is 1.60. The fourth-order valence-electron chi connectivity index (χ4n) is 5.55. The summed E-state index contributed by atoms with van der Waals surface area (Å²) < 4.78 is 13.1. The Morgan fingerprint density at radius 1 is 1.04 bits per heavy atom. The van der Waals surface area contributed by atoms with Crippen LogP contribution in [0.5, 0.6) is 0 Å². The Morgan fingerprint density at radius 3 is 2.33 bits per heavy atom. The molecule has 1 aliphatic rings. The number of ether oxygens (including phenoxy) is 2. The summed E-state index contributed by atoms with van der Waals surface area (Å²) >= 11 is 0. The number of carbonyl (C=O) groups excluding carboxylic acids is 2. The average molecular weight is 673 g/mol. The molecular formula is C36H48N8O5. The van der Waals surface area contributed by atoms with Gasteiger partial charge in [0.1, 0.15) is 22.8 Å². The number of aromatic nitrogens is 5. The van der Waals surface area contributed by atoms with Gasteiger partial charge in [-0.15, -0.1) is 0 Å². The van der Waals surface area contributed by atoms with E-state index in [0.717, 1.165) is 16.7 Å². The molecule has 4 aromatic rings. The lowest BCUT2D eigenvalue weighted by Gasteiger charge is -2.36. The van der Waals surface area contributed by atoms with E-state index in [4.69, 9.17) is 14.5 Å². The Labute approximate surface area is 287 Å². The first kappa shape index (κ1) is 35.5. The fourth-order valence-corrected chi connectivity index (χ4v) is 5.55. The number of nitrogens with zero attached hydrogens (tertiary/aromatic N) is 7. The molecule has 2 atom stereocenters. The zero-order valence-corrected chi connectivity index (χ0v) is 29.7. The molecule has 1 saturated heterocycles. The van der Waals surface area contributed by atoms with Crippen LogP contribution in [-0.4, -0.2) is 83.7 Å². The SMILES string of the molecule is CC(C)c1cnn2c(N(Cc3ccc(-c4ncccn4)cc3)C(=O)OC(C)(C)C)cc(NC[C@H]3CCN(C(=O)OC(C)(C)C)C[C@@H]3O)nc12. The van der Waals surface area contributed by atoms with Crippen LogP contribution in [0.3, 0.4) is 0 Å². The molecule has 0 radical (unpaired) electrons. The number of aliphatic hydroxyl groups excluding tert-OH is 1. The van der Waals surface area contributed by atoms with E-state index >= 15 is 0 Å². The highest BCUT2D eigenvalue weighted by Gasteiger charge is 2.33. The third kappa shape index (κ3) is 9.02. The summed E-state index contributed by atoms with van der Waals surface area (Å²) in [7, 11) is 0. The minimum atomic E-state index is -0.749. The van der Waals surface area contributed by atoms with Gasteiger partial charge < -0.3 is 24.8 Å². The van der Waals surface area contributed by atoms with Crippen molar-refractivity contribution in [1.82, 2.24) is 29.5 Å². The van der Waals surface area contributed by atoms with Crippen LogP contribution >= 0.6 is 0 Å². The van der Waals surface area contributed by atoms with Crippen molar-refractivity contribution in [3.63, 3.8) is 0 Å². The maximum atomic E-state index is 13.9. The summed E-state index contributed by atoms with van der Waals surface area (Å²) in [6, 6.07) is 11.3. The largest absolute Gasteiger partial charge is 0.444 e. The Bertz CT molecular complexity index is 1750. The molecule has 2 N–H and O–H groups in total. The maximum absolute atomic E-state index is 13.9. The summed E-state index contributed by atoms with van der Waals surface area (Å²) in [4.78, 5) is 43.2. The van der Waals surface area contributed by atoms with Gasteiger partial charge in [0.2, 0.25) is 0 Å². The molecule has 3 aromatic heterocycles. The molecular weight excluding hydrogens is 624 g/mol. The molecule has 0 saturated carbocycles. The van der Waals surface area contributed by atoms with Crippen LogP contribution in [0, 0.1) is 5.92 Å². The van der Waals surface area contributed by atoms with E-state index in [1.807, 2.05) is 65.8 Å². The van der Waals surface area contributed by atoms with Crippen molar-refractivity contribution in [1.29, 1.82) is 0 Å². The van der Waals surface area contributed by atoms with Gasteiger partial charge in [-0.25, -0.2) is 24.5 Å². The second-order valence-corrected chi connectivity index (χ2v) is 14.7. The van der Waals surface area contributed by atoms with E-state index in [2.05, 4.69) is 34.2 Å². The lowest BCUT2D eigenvalue weighted by atomic mass is 9.94. The van der Waals surface area contributed by atoms with Crippen LogP contribution in [0.15, 0.2) is 55.0 Å². The number of aliphatic hydroxyl groups is 1. The van der Waals surface area contributed by atoms with Gasteiger partial charge in [-0.3, -0.25) is 4.90 Å². The number of piperidine rings is 1. The number of amides is 2. The molecule has 5 rings (SSSR count). The van der Waals surface area contributed by atoms with E-state index < -0.39 is 29.5 Å². The van der Waals surface area contributed by atoms with Crippen molar-refractivity contribution in [2.75, 3.05) is 29.9 Å². The lowest BCUT2D eigenvalue weighted by molar-refractivity contribution is -0.0104. The Balaban J connectivity index is 1.43. The van der Waals surface area contributed by atoms with E-state index in [1.165, 1.54) is 0 Å². The first-order valence-electron chi connectivity index (χ1n) is 16.7. The number of β-amino-alcohol motifs (C(OH)–C–C–N with tert-alkyl or cyclic N) is 1. The van der Waals surface area contributed by atoms with Crippen LogP contribution in [0.2, 0.25) is 0 Å². The van der Waals surface area contributed by atoms with Gasteiger partial charge in [-0.1, -0.05) is 38.1 Å². The molecule has 262 valence electrons. The van der Waals surface area contributed by atoms with Crippen LogP contribution in [0.1, 0.15) is 78.9 Å². The normalized spacial score (nSPS) is 16.9. The van der Waals surface area contributed by atoms with Crippen LogP contribution in [0.25, 0.3) is 17.0 Å². The molecule has 0 spiro atoms. The minimum absolute atomic E-state index is 0.120. The molecule has 13 nitrogen and oxygen atoms in total. The van der Waals surface area contributed by atoms with Gasteiger partial charge >= 0.3 is 12.2 Å². The Hall–Kier alpha value is -4.78. The third-order valence-electron chi connectivity index (χ3n) is 8.03. The van der Waals surface area contributed by atoms with Crippen molar-refractivity contribution in [3.05, 3.63) is 66.1 Å². The number of anilines is 2. The van der Waals surface area contributed by atoms with E-state index in [9.17, 15) is 14.7 Å². The molecule has 2 amide bonds. The van der Waals surface area contributed by atoms with Crippen molar-refractivity contribution < 1.29 is 24.2 Å². The molecule has 13 heteroatoms. The molecule has 4 heterocycles. The highest BCUT2D eigenvalue weighted by Crippen LogP contribution is 2.30. The Morgan fingerprint density at radius 2 is 1.71 bits per heavy atom. The van der Waals surface area contributed by atoms with E-state index in [-0.39, 0.29) is 24.9 Å². The quantitative estimate of drug-likeness (QED) is 0.219. The zero-order valence-electron chi connectivity index (χ0n) is 29.7. The third-order valence-corrected chi connectivity index (χ3v) is 8.03. The number of nitrogens with one attached hydrogen (secondary N) is 1. The number of likely N-dealkylation sites (tertiary alicyclic amines) is 1. The monoisotopic (exact) mass is 672 g/mol.